The number of nitrogens with zero attached hydrogens (tertiary/aromatic N) is 3. The van der Waals surface area contributed by atoms with Crippen molar-refractivity contribution in [3.63, 3.8) is 0 Å². The molecule has 1 aliphatic heterocycles. The number of esters is 1. The topological polar surface area (TPSA) is 72.4 Å². The van der Waals surface area contributed by atoms with Gasteiger partial charge in [-0.1, -0.05) is 54.5 Å². The zero-order valence-electron chi connectivity index (χ0n) is 18.9. The summed E-state index contributed by atoms with van der Waals surface area (Å²) in [6.07, 6.45) is 0.243. The molecule has 1 aromatic heterocycles. The highest BCUT2D eigenvalue weighted by atomic mass is 16.5. The van der Waals surface area contributed by atoms with Crippen LogP contribution < -0.4 is 0 Å². The second-order valence-corrected chi connectivity index (χ2v) is 8.74. The molecule has 0 N–H and O–H groups in total. The van der Waals surface area contributed by atoms with Gasteiger partial charge in [0.25, 0.3) is 0 Å². The van der Waals surface area contributed by atoms with Gasteiger partial charge in [0.15, 0.2) is 5.41 Å². The van der Waals surface area contributed by atoms with Gasteiger partial charge in [-0.2, -0.15) is 5.10 Å². The van der Waals surface area contributed by atoms with Crippen LogP contribution in [0.5, 0.6) is 0 Å². The van der Waals surface area contributed by atoms with Crippen molar-refractivity contribution in [3.8, 4) is 11.8 Å². The van der Waals surface area contributed by atoms with Crippen LogP contribution in [0.15, 0.2) is 72.8 Å². The third-order valence-corrected chi connectivity index (χ3v) is 6.05. The van der Waals surface area contributed by atoms with E-state index in [4.69, 9.17) is 4.74 Å². The van der Waals surface area contributed by atoms with E-state index in [0.717, 1.165) is 11.1 Å². The molecule has 6 nitrogen and oxygen atoms in total. The zero-order valence-corrected chi connectivity index (χ0v) is 18.9. The van der Waals surface area contributed by atoms with E-state index in [0.29, 0.717) is 5.69 Å². The number of benzene rings is 2. The van der Waals surface area contributed by atoms with Crippen LogP contribution in [0.1, 0.15) is 42.8 Å². The predicted octanol–water partition coefficient (Wildman–Crippen LogP) is 3.50. The summed E-state index contributed by atoms with van der Waals surface area (Å²) < 4.78 is 5.64. The maximum Gasteiger partial charge on any atom is 0.328 e. The highest BCUT2D eigenvalue weighted by Crippen LogP contribution is 2.44. The molecule has 0 bridgehead atoms. The van der Waals surface area contributed by atoms with Gasteiger partial charge in [-0.3, -0.25) is 9.59 Å². The number of aromatic nitrogens is 2. The van der Waals surface area contributed by atoms with Crippen molar-refractivity contribution in [1.82, 2.24) is 15.1 Å². The number of amides is 1. The number of carbonyl (C=O) groups excluding carboxylic acids is 2. The van der Waals surface area contributed by atoms with Gasteiger partial charge in [0.1, 0.15) is 12.3 Å². The Morgan fingerprint density at radius 1 is 0.970 bits per heavy atom. The largest absolute Gasteiger partial charge is 0.460 e. The molecular weight excluding hydrogens is 414 g/mol. The lowest BCUT2D eigenvalue weighted by atomic mass is 9.78. The van der Waals surface area contributed by atoms with E-state index in [1.54, 1.807) is 24.1 Å². The number of ether oxygens (including phenoxy) is 1. The minimum absolute atomic E-state index is 0.0763. The van der Waals surface area contributed by atoms with Crippen LogP contribution in [0.3, 0.4) is 0 Å². The molecule has 4 rings (SSSR count). The number of hydrogen-bond donors (Lipinski definition) is 0. The van der Waals surface area contributed by atoms with Crippen molar-refractivity contribution >= 4 is 11.9 Å². The van der Waals surface area contributed by atoms with Crippen LogP contribution in [-0.4, -0.2) is 39.6 Å². The number of rotatable bonds is 4. The third-order valence-electron chi connectivity index (χ3n) is 6.05. The van der Waals surface area contributed by atoms with Crippen LogP contribution in [0.2, 0.25) is 0 Å². The minimum atomic E-state index is -1.55. The van der Waals surface area contributed by atoms with Gasteiger partial charge >= 0.3 is 5.97 Å². The fourth-order valence-corrected chi connectivity index (χ4v) is 4.00. The monoisotopic (exact) mass is 439 g/mol. The molecule has 1 aliphatic rings. The second kappa shape index (κ2) is 8.87. The van der Waals surface area contributed by atoms with E-state index in [2.05, 4.69) is 22.0 Å². The van der Waals surface area contributed by atoms with E-state index in [1.165, 1.54) is 0 Å². The molecular formula is C27H25N3O3. The van der Waals surface area contributed by atoms with E-state index >= 15 is 0 Å². The van der Waals surface area contributed by atoms with Crippen molar-refractivity contribution in [2.24, 2.45) is 0 Å². The Hall–Kier alpha value is -3.98. The van der Waals surface area contributed by atoms with E-state index in [-0.39, 0.29) is 24.6 Å². The zero-order chi connectivity index (χ0) is 23.5. The smallest absolute Gasteiger partial charge is 0.328 e. The molecule has 1 saturated heterocycles. The summed E-state index contributed by atoms with van der Waals surface area (Å²) in [6, 6.07) is 22.3. The van der Waals surface area contributed by atoms with Gasteiger partial charge in [-0.15, -0.1) is 5.10 Å². The van der Waals surface area contributed by atoms with Crippen molar-refractivity contribution in [1.29, 1.82) is 0 Å². The fraction of sp³-hybridized carbons (Fsp3) is 0.259. The maximum atomic E-state index is 13.4. The van der Waals surface area contributed by atoms with E-state index in [9.17, 15) is 9.59 Å². The summed E-state index contributed by atoms with van der Waals surface area (Å²) in [5.41, 5.74) is 0.332. The highest BCUT2D eigenvalue weighted by molar-refractivity contribution is 6.10. The molecule has 0 aliphatic carbocycles. The summed E-state index contributed by atoms with van der Waals surface area (Å²) in [7, 11) is 1.70. The lowest BCUT2D eigenvalue weighted by molar-refractivity contribution is -0.156. The van der Waals surface area contributed by atoms with Crippen LogP contribution >= 0.6 is 0 Å². The molecule has 0 radical (unpaired) electrons. The Morgan fingerprint density at radius 3 is 2.21 bits per heavy atom. The first-order valence-corrected chi connectivity index (χ1v) is 10.7. The summed E-state index contributed by atoms with van der Waals surface area (Å²) in [4.78, 5) is 28.4. The Bertz CT molecular complexity index is 1210. The third kappa shape index (κ3) is 4.35. The first-order chi connectivity index (χ1) is 15.8. The molecule has 2 aromatic carbocycles. The lowest BCUT2D eigenvalue weighted by Gasteiger charge is -2.26. The molecule has 6 heteroatoms. The summed E-state index contributed by atoms with van der Waals surface area (Å²) in [5, 5.41) is 8.46. The number of carbonyl (C=O) groups is 2. The number of hydrogen-bond acceptors (Lipinski definition) is 5. The first-order valence-electron chi connectivity index (χ1n) is 10.7. The highest BCUT2D eigenvalue weighted by Gasteiger charge is 2.62. The lowest BCUT2D eigenvalue weighted by Crippen LogP contribution is -2.45. The first kappa shape index (κ1) is 22.2. The summed E-state index contributed by atoms with van der Waals surface area (Å²) in [5.74, 6) is 5.03. The van der Waals surface area contributed by atoms with Crippen LogP contribution in [0.25, 0.3) is 0 Å². The van der Waals surface area contributed by atoms with Gasteiger partial charge in [0.2, 0.25) is 5.91 Å². The van der Waals surface area contributed by atoms with Crippen molar-refractivity contribution in [2.45, 2.75) is 37.8 Å². The Balaban J connectivity index is 1.65. The minimum Gasteiger partial charge on any atom is -0.460 e. The molecule has 1 fully saturated rings. The predicted molar refractivity (Wildman–Crippen MR) is 124 cm³/mol. The van der Waals surface area contributed by atoms with Crippen LogP contribution in [0.4, 0.5) is 0 Å². The average molecular weight is 440 g/mol. The molecule has 1 atom stereocenters. The SMILES string of the molecule is CN1C(=O)C(C(=O)OCc2ccccc2)(c2ccc(C#Cc3ccccc3)nn2)CC1(C)C. The van der Waals surface area contributed by atoms with Crippen molar-refractivity contribution in [3.05, 3.63) is 95.3 Å². The molecule has 2 heterocycles. The second-order valence-electron chi connectivity index (χ2n) is 8.74. The quantitative estimate of drug-likeness (QED) is 0.354. The standard InChI is InChI=1S/C27H25N3O3/c1-26(2)19-27(24(31)30(26)3,25(32)33-18-21-12-8-5-9-13-21)23-17-16-22(28-29-23)15-14-20-10-6-4-7-11-20/h4-13,16-17H,18-19H2,1-3H3. The molecule has 1 amide bonds. The molecule has 0 saturated carbocycles. The van der Waals surface area contributed by atoms with Gasteiger partial charge in [0.05, 0.1) is 5.69 Å². The van der Waals surface area contributed by atoms with E-state index < -0.39 is 16.9 Å². The molecule has 0 spiro atoms. The van der Waals surface area contributed by atoms with E-state index in [1.807, 2.05) is 74.5 Å². The molecule has 1 unspecified atom stereocenters. The Labute approximate surface area is 193 Å². The van der Waals surface area contributed by atoms with Gasteiger partial charge in [0, 0.05) is 24.6 Å². The van der Waals surface area contributed by atoms with Crippen LogP contribution in [-0.2, 0) is 26.3 Å². The summed E-state index contributed by atoms with van der Waals surface area (Å²) in [6.45, 7) is 3.92. The van der Waals surface area contributed by atoms with Gasteiger partial charge in [-0.25, -0.2) is 0 Å². The Kier molecular flexibility index (Phi) is 5.97. The maximum absolute atomic E-state index is 13.4. The Morgan fingerprint density at radius 2 is 1.64 bits per heavy atom. The van der Waals surface area contributed by atoms with Crippen molar-refractivity contribution < 1.29 is 14.3 Å². The van der Waals surface area contributed by atoms with Crippen LogP contribution in [0, 0.1) is 11.8 Å². The van der Waals surface area contributed by atoms with Gasteiger partial charge < -0.3 is 9.64 Å². The molecule has 3 aromatic rings. The molecule has 166 valence electrons. The average Bonchev–Trinajstić information content (AvgIpc) is 3.03. The number of likely N-dealkylation sites (N-methyl/N-ethyl adjacent to an activating group) is 1. The normalized spacial score (nSPS) is 19.0. The van der Waals surface area contributed by atoms with Crippen molar-refractivity contribution in [2.75, 3.05) is 7.05 Å². The fourth-order valence-electron chi connectivity index (χ4n) is 4.00. The summed E-state index contributed by atoms with van der Waals surface area (Å²) >= 11 is 0. The van der Waals surface area contributed by atoms with Gasteiger partial charge in [-0.05, 0) is 49.6 Å². The number of likely N-dealkylation sites (tertiary alicyclic amines) is 1. The molecule has 33 heavy (non-hydrogen) atoms.